The Kier molecular flexibility index (Phi) is 9.05. The maximum absolute atomic E-state index is 5.03. The molecule has 0 amide bonds. The van der Waals surface area contributed by atoms with E-state index in [-0.39, 0.29) is 0 Å². The minimum absolute atomic E-state index is 0.305. The molecular weight excluding hydrogens is 172 g/mol. The van der Waals surface area contributed by atoms with Crippen molar-refractivity contribution in [1.82, 2.24) is 0 Å². The third-order valence-corrected chi connectivity index (χ3v) is 1.22. The lowest BCUT2D eigenvalue weighted by molar-refractivity contribution is -0.0596. The van der Waals surface area contributed by atoms with Crippen LogP contribution in [-0.2, 0) is 18.9 Å². The molecular formula is C9H16O4. The van der Waals surface area contributed by atoms with E-state index in [4.69, 9.17) is 18.9 Å². The van der Waals surface area contributed by atoms with Crippen molar-refractivity contribution in [3.8, 4) is 11.8 Å². The van der Waals surface area contributed by atoms with Crippen molar-refractivity contribution in [3.63, 3.8) is 0 Å². The highest BCUT2D eigenvalue weighted by Crippen LogP contribution is 1.87. The van der Waals surface area contributed by atoms with Gasteiger partial charge in [-0.05, 0) is 5.92 Å². The summed E-state index contributed by atoms with van der Waals surface area (Å²) >= 11 is 0. The average molecular weight is 188 g/mol. The maximum Gasteiger partial charge on any atom is 0.221 e. The molecule has 0 bridgehead atoms. The van der Waals surface area contributed by atoms with Gasteiger partial charge in [0.1, 0.15) is 6.79 Å². The van der Waals surface area contributed by atoms with Gasteiger partial charge in [-0.2, -0.15) is 0 Å². The Morgan fingerprint density at radius 1 is 1.15 bits per heavy atom. The summed E-state index contributed by atoms with van der Waals surface area (Å²) in [6, 6.07) is 0. The van der Waals surface area contributed by atoms with E-state index in [9.17, 15) is 0 Å². The average Bonchev–Trinajstić information content (AvgIpc) is 2.17. The minimum Gasteiger partial charge on any atom is -0.359 e. The summed E-state index contributed by atoms with van der Waals surface area (Å²) in [5, 5.41) is 0. The zero-order valence-corrected chi connectivity index (χ0v) is 8.33. The standard InChI is InChI=1S/C9H16O4/c1-10-8-13-7-5-4-6-9(11-2)12-3/h9H,5,7-8H2,1-3H3. The van der Waals surface area contributed by atoms with E-state index in [1.54, 1.807) is 21.3 Å². The maximum atomic E-state index is 5.03. The minimum atomic E-state index is -0.442. The third-order valence-electron chi connectivity index (χ3n) is 1.22. The molecule has 0 rings (SSSR count). The van der Waals surface area contributed by atoms with Crippen molar-refractivity contribution in [2.75, 3.05) is 34.7 Å². The number of hydrogen-bond acceptors (Lipinski definition) is 4. The van der Waals surface area contributed by atoms with Crippen LogP contribution in [0.2, 0.25) is 0 Å². The van der Waals surface area contributed by atoms with Crippen LogP contribution in [0.5, 0.6) is 0 Å². The predicted octanol–water partition coefficient (Wildman–Crippen LogP) is 0.619. The van der Waals surface area contributed by atoms with Crippen molar-refractivity contribution in [1.29, 1.82) is 0 Å². The monoisotopic (exact) mass is 188 g/mol. The largest absolute Gasteiger partial charge is 0.359 e. The topological polar surface area (TPSA) is 36.9 Å². The molecule has 0 radical (unpaired) electrons. The van der Waals surface area contributed by atoms with Crippen LogP contribution in [0.4, 0.5) is 0 Å². The quantitative estimate of drug-likeness (QED) is 0.348. The van der Waals surface area contributed by atoms with Crippen molar-refractivity contribution in [2.45, 2.75) is 12.7 Å². The van der Waals surface area contributed by atoms with Gasteiger partial charge in [-0.3, -0.25) is 0 Å². The van der Waals surface area contributed by atoms with E-state index in [0.717, 1.165) is 0 Å². The molecule has 0 heterocycles. The lowest BCUT2D eigenvalue weighted by atomic mass is 10.4. The van der Waals surface area contributed by atoms with Crippen LogP contribution < -0.4 is 0 Å². The second-order valence-electron chi connectivity index (χ2n) is 2.19. The summed E-state index contributed by atoms with van der Waals surface area (Å²) in [7, 11) is 4.67. The molecule has 4 heteroatoms. The Balaban J connectivity index is 3.37. The van der Waals surface area contributed by atoms with Crippen LogP contribution in [0.15, 0.2) is 0 Å². The van der Waals surface area contributed by atoms with Crippen molar-refractivity contribution >= 4 is 0 Å². The molecule has 0 N–H and O–H groups in total. The molecule has 0 aliphatic rings. The zero-order valence-electron chi connectivity index (χ0n) is 8.33. The van der Waals surface area contributed by atoms with E-state index < -0.39 is 6.29 Å². The first-order valence-electron chi connectivity index (χ1n) is 3.95. The van der Waals surface area contributed by atoms with Crippen molar-refractivity contribution in [3.05, 3.63) is 0 Å². The predicted molar refractivity (Wildman–Crippen MR) is 48.0 cm³/mol. The lowest BCUT2D eigenvalue weighted by Crippen LogP contribution is -2.09. The number of hydrogen-bond donors (Lipinski definition) is 0. The summed E-state index contributed by atoms with van der Waals surface area (Å²) in [6.45, 7) is 0.862. The zero-order chi connectivity index (χ0) is 9.94. The van der Waals surface area contributed by atoms with Crippen LogP contribution in [0.25, 0.3) is 0 Å². The SMILES string of the molecule is COCOCCC#CC(OC)OC. The number of rotatable bonds is 6. The summed E-state index contributed by atoms with van der Waals surface area (Å²) in [5.41, 5.74) is 0. The van der Waals surface area contributed by atoms with Gasteiger partial charge in [-0.1, -0.05) is 5.92 Å². The number of ether oxygens (including phenoxy) is 4. The molecule has 76 valence electrons. The van der Waals surface area contributed by atoms with Gasteiger partial charge < -0.3 is 18.9 Å². The van der Waals surface area contributed by atoms with E-state index in [2.05, 4.69) is 11.8 Å². The Hall–Kier alpha value is -0.600. The van der Waals surface area contributed by atoms with E-state index in [1.807, 2.05) is 0 Å². The van der Waals surface area contributed by atoms with E-state index in [0.29, 0.717) is 19.8 Å². The van der Waals surface area contributed by atoms with Crippen LogP contribution in [0.3, 0.4) is 0 Å². The summed E-state index contributed by atoms with van der Waals surface area (Å²) in [4.78, 5) is 0. The molecule has 0 fully saturated rings. The van der Waals surface area contributed by atoms with Gasteiger partial charge >= 0.3 is 0 Å². The Morgan fingerprint density at radius 3 is 2.38 bits per heavy atom. The Morgan fingerprint density at radius 2 is 1.85 bits per heavy atom. The first-order chi connectivity index (χ1) is 6.35. The second kappa shape index (κ2) is 9.49. The van der Waals surface area contributed by atoms with Crippen LogP contribution in [0.1, 0.15) is 6.42 Å². The molecule has 0 aromatic heterocycles. The van der Waals surface area contributed by atoms with Gasteiger partial charge in [0, 0.05) is 27.8 Å². The molecule has 0 unspecified atom stereocenters. The van der Waals surface area contributed by atoms with Crippen molar-refractivity contribution in [2.24, 2.45) is 0 Å². The van der Waals surface area contributed by atoms with Gasteiger partial charge in [0.05, 0.1) is 6.61 Å². The Labute approximate surface area is 79.1 Å². The third kappa shape index (κ3) is 7.75. The fraction of sp³-hybridized carbons (Fsp3) is 0.778. The van der Waals surface area contributed by atoms with Crippen LogP contribution in [-0.4, -0.2) is 41.0 Å². The summed E-state index contributed by atoms with van der Waals surface area (Å²) < 4.78 is 19.4. The van der Waals surface area contributed by atoms with E-state index >= 15 is 0 Å². The van der Waals surface area contributed by atoms with Gasteiger partial charge in [0.2, 0.25) is 6.29 Å². The molecule has 0 spiro atoms. The van der Waals surface area contributed by atoms with Gasteiger partial charge in [0.15, 0.2) is 0 Å². The fourth-order valence-electron chi connectivity index (χ4n) is 0.635. The van der Waals surface area contributed by atoms with Crippen LogP contribution >= 0.6 is 0 Å². The van der Waals surface area contributed by atoms with Gasteiger partial charge in [0.25, 0.3) is 0 Å². The van der Waals surface area contributed by atoms with Crippen LogP contribution in [0, 0.1) is 11.8 Å². The highest BCUT2D eigenvalue weighted by Gasteiger charge is 1.95. The Bertz CT molecular complexity index is 155. The normalized spacial score (nSPS) is 9.85. The molecule has 0 aliphatic heterocycles. The number of methoxy groups -OCH3 is 3. The highest BCUT2D eigenvalue weighted by molar-refractivity contribution is 5.01. The first kappa shape index (κ1) is 12.4. The first-order valence-corrected chi connectivity index (χ1v) is 3.95. The smallest absolute Gasteiger partial charge is 0.221 e. The molecule has 13 heavy (non-hydrogen) atoms. The molecule has 0 aromatic rings. The summed E-state index contributed by atoms with van der Waals surface area (Å²) in [6.07, 6.45) is 0.203. The molecule has 0 saturated heterocycles. The summed E-state index contributed by atoms with van der Waals surface area (Å²) in [5.74, 6) is 5.65. The second-order valence-corrected chi connectivity index (χ2v) is 2.19. The van der Waals surface area contributed by atoms with Gasteiger partial charge in [-0.25, -0.2) is 0 Å². The fourth-order valence-corrected chi connectivity index (χ4v) is 0.635. The van der Waals surface area contributed by atoms with Crippen molar-refractivity contribution < 1.29 is 18.9 Å². The highest BCUT2D eigenvalue weighted by atomic mass is 16.7. The lowest BCUT2D eigenvalue weighted by Gasteiger charge is -2.03. The molecule has 0 atom stereocenters. The molecule has 4 nitrogen and oxygen atoms in total. The van der Waals surface area contributed by atoms with E-state index in [1.165, 1.54) is 0 Å². The molecule has 0 saturated carbocycles. The molecule has 0 aromatic carbocycles. The molecule has 0 aliphatic carbocycles. The van der Waals surface area contributed by atoms with Gasteiger partial charge in [-0.15, -0.1) is 0 Å².